The molecule has 1 aliphatic heterocycles. The van der Waals surface area contributed by atoms with Crippen LogP contribution in [-0.2, 0) is 21.2 Å². The minimum atomic E-state index is -3.64. The average Bonchev–Trinajstić information content (AvgIpc) is 2.73. The van der Waals surface area contributed by atoms with Crippen molar-refractivity contribution in [3.63, 3.8) is 0 Å². The van der Waals surface area contributed by atoms with E-state index in [0.29, 0.717) is 13.0 Å². The Hall–Kier alpha value is -1.44. The quantitative estimate of drug-likeness (QED) is 0.834. The molecule has 6 nitrogen and oxygen atoms in total. The van der Waals surface area contributed by atoms with Crippen LogP contribution in [0.3, 0.4) is 0 Å². The molecule has 0 unspecified atom stereocenters. The number of amides is 1. The van der Waals surface area contributed by atoms with Crippen LogP contribution in [0, 0.1) is 0 Å². The Morgan fingerprint density at radius 1 is 1.33 bits per heavy atom. The minimum absolute atomic E-state index is 0.0414. The van der Waals surface area contributed by atoms with E-state index in [9.17, 15) is 13.2 Å². The summed E-state index contributed by atoms with van der Waals surface area (Å²) < 4.78 is 26.5. The Morgan fingerprint density at radius 3 is 2.67 bits per heavy atom. The Morgan fingerprint density at radius 2 is 2.05 bits per heavy atom. The molecule has 21 heavy (non-hydrogen) atoms. The standard InChI is InChI=1S/C14H20N2O4S/c1-3-6-16(7-8-17)21(19,20)12-4-5-13-11(9-12)10-14(18)15(13)2/h4-5,9,17H,3,6-8,10H2,1-2H3. The summed E-state index contributed by atoms with van der Waals surface area (Å²) in [6, 6.07) is 4.74. The molecule has 1 aromatic rings. The lowest BCUT2D eigenvalue weighted by Gasteiger charge is -2.21. The zero-order valence-electron chi connectivity index (χ0n) is 12.2. The topological polar surface area (TPSA) is 77.9 Å². The third-order valence-electron chi connectivity index (χ3n) is 3.59. The van der Waals surface area contributed by atoms with Crippen LogP contribution < -0.4 is 4.90 Å². The lowest BCUT2D eigenvalue weighted by Crippen LogP contribution is -2.34. The monoisotopic (exact) mass is 312 g/mol. The number of carbonyl (C=O) groups is 1. The van der Waals surface area contributed by atoms with Crippen molar-refractivity contribution >= 4 is 21.6 Å². The van der Waals surface area contributed by atoms with Crippen LogP contribution in [0.15, 0.2) is 23.1 Å². The zero-order chi connectivity index (χ0) is 15.6. The first-order valence-corrected chi connectivity index (χ1v) is 8.36. The van der Waals surface area contributed by atoms with Crippen LogP contribution in [0.5, 0.6) is 0 Å². The molecule has 0 atom stereocenters. The van der Waals surface area contributed by atoms with Crippen LogP contribution in [0.1, 0.15) is 18.9 Å². The van der Waals surface area contributed by atoms with Crippen LogP contribution in [-0.4, -0.2) is 50.5 Å². The molecule has 7 heteroatoms. The first-order chi connectivity index (χ1) is 9.91. The molecule has 0 spiro atoms. The van der Waals surface area contributed by atoms with Gasteiger partial charge in [-0.3, -0.25) is 4.79 Å². The summed E-state index contributed by atoms with van der Waals surface area (Å²) in [5.74, 6) is -0.0414. The predicted octanol–water partition coefficient (Wildman–Crippen LogP) is 0.599. The van der Waals surface area contributed by atoms with Gasteiger partial charge in [-0.1, -0.05) is 6.92 Å². The molecular formula is C14H20N2O4S. The van der Waals surface area contributed by atoms with Gasteiger partial charge in [0.15, 0.2) is 0 Å². The van der Waals surface area contributed by atoms with Crippen LogP contribution >= 0.6 is 0 Å². The van der Waals surface area contributed by atoms with E-state index in [2.05, 4.69) is 0 Å². The van der Waals surface area contributed by atoms with Gasteiger partial charge in [0.05, 0.1) is 17.9 Å². The number of nitrogens with zero attached hydrogens (tertiary/aromatic N) is 2. The van der Waals surface area contributed by atoms with Crippen molar-refractivity contribution in [2.24, 2.45) is 0 Å². The molecule has 0 saturated carbocycles. The smallest absolute Gasteiger partial charge is 0.243 e. The first-order valence-electron chi connectivity index (χ1n) is 6.92. The Kier molecular flexibility index (Phi) is 4.65. The second-order valence-corrected chi connectivity index (χ2v) is 6.99. The molecule has 0 aromatic heterocycles. The summed E-state index contributed by atoms with van der Waals surface area (Å²) in [5, 5.41) is 9.04. The van der Waals surface area contributed by atoms with E-state index < -0.39 is 10.0 Å². The highest BCUT2D eigenvalue weighted by atomic mass is 32.2. The van der Waals surface area contributed by atoms with Crippen molar-refractivity contribution in [3.05, 3.63) is 23.8 Å². The van der Waals surface area contributed by atoms with Crippen molar-refractivity contribution in [3.8, 4) is 0 Å². The highest BCUT2D eigenvalue weighted by molar-refractivity contribution is 7.89. The van der Waals surface area contributed by atoms with E-state index in [1.807, 2.05) is 6.92 Å². The van der Waals surface area contributed by atoms with Gasteiger partial charge in [-0.05, 0) is 30.2 Å². The summed E-state index contributed by atoms with van der Waals surface area (Å²) >= 11 is 0. The maximum absolute atomic E-state index is 12.6. The van der Waals surface area contributed by atoms with Gasteiger partial charge in [0.2, 0.25) is 15.9 Å². The van der Waals surface area contributed by atoms with Gasteiger partial charge < -0.3 is 10.0 Å². The maximum Gasteiger partial charge on any atom is 0.243 e. The fourth-order valence-electron chi connectivity index (χ4n) is 2.47. The molecule has 116 valence electrons. The normalized spacial score (nSPS) is 14.9. The molecule has 1 N–H and O–H groups in total. The second kappa shape index (κ2) is 6.13. The SMILES string of the molecule is CCCN(CCO)S(=O)(=O)c1ccc2c(c1)CC(=O)N2C. The number of hydrogen-bond acceptors (Lipinski definition) is 4. The number of hydrogen-bond donors (Lipinski definition) is 1. The molecule has 0 radical (unpaired) electrons. The van der Waals surface area contributed by atoms with E-state index in [4.69, 9.17) is 5.11 Å². The number of sulfonamides is 1. The zero-order valence-corrected chi connectivity index (χ0v) is 13.1. The van der Waals surface area contributed by atoms with Crippen LogP contribution in [0.2, 0.25) is 0 Å². The van der Waals surface area contributed by atoms with E-state index in [0.717, 1.165) is 11.3 Å². The van der Waals surface area contributed by atoms with Crippen molar-refractivity contribution in [2.75, 3.05) is 31.6 Å². The van der Waals surface area contributed by atoms with Gasteiger partial charge >= 0.3 is 0 Å². The minimum Gasteiger partial charge on any atom is -0.395 e. The molecule has 1 amide bonds. The second-order valence-electron chi connectivity index (χ2n) is 5.05. The summed E-state index contributed by atoms with van der Waals surface area (Å²) in [4.78, 5) is 13.4. The average molecular weight is 312 g/mol. The Labute approximate surface area is 125 Å². The number of aliphatic hydroxyl groups excluding tert-OH is 1. The van der Waals surface area contributed by atoms with Gasteiger partial charge in [0.1, 0.15) is 0 Å². The van der Waals surface area contributed by atoms with E-state index >= 15 is 0 Å². The maximum atomic E-state index is 12.6. The lowest BCUT2D eigenvalue weighted by molar-refractivity contribution is -0.117. The highest BCUT2D eigenvalue weighted by Gasteiger charge is 2.28. The molecular weight excluding hydrogens is 292 g/mol. The van der Waals surface area contributed by atoms with Gasteiger partial charge in [-0.15, -0.1) is 0 Å². The summed E-state index contributed by atoms with van der Waals surface area (Å²) in [5.41, 5.74) is 1.48. The van der Waals surface area contributed by atoms with Gasteiger partial charge in [-0.2, -0.15) is 4.31 Å². The summed E-state index contributed by atoms with van der Waals surface area (Å²) in [6.07, 6.45) is 0.897. The fourth-order valence-corrected chi connectivity index (χ4v) is 4.04. The van der Waals surface area contributed by atoms with E-state index in [-0.39, 0.29) is 30.4 Å². The van der Waals surface area contributed by atoms with Crippen LogP contribution in [0.25, 0.3) is 0 Å². The van der Waals surface area contributed by atoms with Gasteiger partial charge in [0, 0.05) is 25.8 Å². The third kappa shape index (κ3) is 2.95. The largest absolute Gasteiger partial charge is 0.395 e. The molecule has 1 heterocycles. The molecule has 1 aromatic carbocycles. The number of benzene rings is 1. The van der Waals surface area contributed by atoms with E-state index in [1.54, 1.807) is 19.2 Å². The number of anilines is 1. The number of fused-ring (bicyclic) bond motifs is 1. The fraction of sp³-hybridized carbons (Fsp3) is 0.500. The number of carbonyl (C=O) groups excluding carboxylic acids is 1. The molecule has 1 aliphatic rings. The van der Waals surface area contributed by atoms with Gasteiger partial charge in [-0.25, -0.2) is 8.42 Å². The Bertz CT molecular complexity index is 636. The summed E-state index contributed by atoms with van der Waals surface area (Å²) in [6.45, 7) is 2.10. The first kappa shape index (κ1) is 15.9. The molecule has 0 fully saturated rings. The molecule has 0 saturated heterocycles. The van der Waals surface area contributed by atoms with Crippen molar-refractivity contribution in [2.45, 2.75) is 24.7 Å². The van der Waals surface area contributed by atoms with E-state index in [1.165, 1.54) is 15.3 Å². The Balaban J connectivity index is 2.38. The third-order valence-corrected chi connectivity index (χ3v) is 5.48. The molecule has 0 aliphatic carbocycles. The summed E-state index contributed by atoms with van der Waals surface area (Å²) in [7, 11) is -1.96. The van der Waals surface area contributed by atoms with Crippen LogP contribution in [0.4, 0.5) is 5.69 Å². The van der Waals surface area contributed by atoms with Crippen molar-refractivity contribution < 1.29 is 18.3 Å². The highest BCUT2D eigenvalue weighted by Crippen LogP contribution is 2.30. The number of rotatable bonds is 6. The van der Waals surface area contributed by atoms with Gasteiger partial charge in [0.25, 0.3) is 0 Å². The molecule has 2 rings (SSSR count). The molecule has 0 bridgehead atoms. The predicted molar refractivity (Wildman–Crippen MR) is 79.7 cm³/mol. The lowest BCUT2D eigenvalue weighted by atomic mass is 10.2. The number of aliphatic hydroxyl groups is 1. The van der Waals surface area contributed by atoms with Crippen molar-refractivity contribution in [1.82, 2.24) is 4.31 Å². The number of likely N-dealkylation sites (N-methyl/N-ethyl adjacent to an activating group) is 1. The van der Waals surface area contributed by atoms with Crippen molar-refractivity contribution in [1.29, 1.82) is 0 Å².